The van der Waals surface area contributed by atoms with Crippen LogP contribution in [-0.2, 0) is 0 Å². The zero-order valence-corrected chi connectivity index (χ0v) is 16.6. The highest BCUT2D eigenvalue weighted by atomic mass is 15.3. The largest absolute Gasteiger partial charge is 0.318 e. The molecule has 0 aliphatic carbocycles. The van der Waals surface area contributed by atoms with Gasteiger partial charge in [-0.25, -0.2) is 0 Å². The van der Waals surface area contributed by atoms with Gasteiger partial charge in [0.1, 0.15) is 0 Å². The Balaban J connectivity index is 1.52. The van der Waals surface area contributed by atoms with Crippen LogP contribution in [0.5, 0.6) is 0 Å². The molecular weight excluding hydrogens is 298 g/mol. The van der Waals surface area contributed by atoms with Crippen molar-refractivity contribution in [3.05, 3.63) is 0 Å². The number of nitrogens with zero attached hydrogens (tertiary/aromatic N) is 3. The Morgan fingerprint density at radius 3 is 2.33 bits per heavy atom. The van der Waals surface area contributed by atoms with Crippen LogP contribution in [0.1, 0.15) is 40.0 Å². The van der Waals surface area contributed by atoms with Crippen molar-refractivity contribution in [2.24, 2.45) is 0 Å². The number of piperazine rings is 1. The molecule has 2 heterocycles. The molecule has 0 spiro atoms. The van der Waals surface area contributed by atoms with Crippen molar-refractivity contribution in [1.82, 2.24) is 25.3 Å². The van der Waals surface area contributed by atoms with Crippen LogP contribution in [0, 0.1) is 0 Å². The summed E-state index contributed by atoms with van der Waals surface area (Å²) in [4.78, 5) is 7.89. The fourth-order valence-corrected chi connectivity index (χ4v) is 4.11. The van der Waals surface area contributed by atoms with Crippen molar-refractivity contribution in [3.63, 3.8) is 0 Å². The second kappa shape index (κ2) is 10.1. The van der Waals surface area contributed by atoms with E-state index < -0.39 is 0 Å². The second-order valence-electron chi connectivity index (χ2n) is 8.27. The second-order valence-corrected chi connectivity index (χ2v) is 8.27. The minimum absolute atomic E-state index is 0.419. The maximum Gasteiger partial charge on any atom is 0.0154 e. The SMILES string of the molecule is CNCCN1CCN(C(C)CCNCCN2CCCC2(C)C)CC1. The highest BCUT2D eigenvalue weighted by molar-refractivity contribution is 4.87. The Hall–Kier alpha value is -0.200. The van der Waals surface area contributed by atoms with E-state index >= 15 is 0 Å². The van der Waals surface area contributed by atoms with Crippen LogP contribution >= 0.6 is 0 Å². The third-order valence-electron chi connectivity index (χ3n) is 6.08. The molecule has 2 N–H and O–H groups in total. The number of likely N-dealkylation sites (N-methyl/N-ethyl adjacent to an activating group) is 1. The van der Waals surface area contributed by atoms with E-state index in [-0.39, 0.29) is 0 Å². The molecule has 2 aliphatic rings. The summed E-state index contributed by atoms with van der Waals surface area (Å²) >= 11 is 0. The van der Waals surface area contributed by atoms with Crippen molar-refractivity contribution in [2.75, 3.05) is 72.5 Å². The van der Waals surface area contributed by atoms with E-state index in [4.69, 9.17) is 0 Å². The fraction of sp³-hybridized carbons (Fsp3) is 1.00. The Bertz CT molecular complexity index is 339. The van der Waals surface area contributed by atoms with E-state index in [2.05, 4.69) is 46.1 Å². The van der Waals surface area contributed by atoms with Crippen molar-refractivity contribution in [2.45, 2.75) is 51.6 Å². The van der Waals surface area contributed by atoms with E-state index in [1.165, 1.54) is 65.1 Å². The zero-order valence-electron chi connectivity index (χ0n) is 16.6. The molecule has 0 saturated carbocycles. The first kappa shape index (κ1) is 20.1. The Morgan fingerprint density at radius 1 is 0.958 bits per heavy atom. The van der Waals surface area contributed by atoms with Gasteiger partial charge in [-0.2, -0.15) is 0 Å². The molecule has 2 fully saturated rings. The minimum Gasteiger partial charge on any atom is -0.318 e. The summed E-state index contributed by atoms with van der Waals surface area (Å²) in [6, 6.07) is 0.701. The summed E-state index contributed by atoms with van der Waals surface area (Å²) in [5.41, 5.74) is 0.419. The third-order valence-corrected chi connectivity index (χ3v) is 6.08. The van der Waals surface area contributed by atoms with Crippen molar-refractivity contribution in [1.29, 1.82) is 0 Å². The molecule has 5 nitrogen and oxygen atoms in total. The van der Waals surface area contributed by atoms with Crippen LogP contribution < -0.4 is 10.6 Å². The number of hydrogen-bond donors (Lipinski definition) is 2. The van der Waals surface area contributed by atoms with Crippen LogP contribution in [0.25, 0.3) is 0 Å². The highest BCUT2D eigenvalue weighted by Crippen LogP contribution is 2.27. The van der Waals surface area contributed by atoms with E-state index in [0.29, 0.717) is 11.6 Å². The lowest BCUT2D eigenvalue weighted by Gasteiger charge is -2.38. The Kier molecular flexibility index (Phi) is 8.44. The van der Waals surface area contributed by atoms with Gasteiger partial charge in [0.05, 0.1) is 0 Å². The average Bonchev–Trinajstić information content (AvgIpc) is 2.91. The van der Waals surface area contributed by atoms with Crippen LogP contribution in [-0.4, -0.2) is 98.8 Å². The standard InChI is InChI=1S/C19H41N5/c1-18(23-16-14-22(15-17-23)12-9-20-4)6-8-21-10-13-24-11-5-7-19(24,2)3/h18,20-21H,5-17H2,1-4H3. The number of rotatable bonds is 10. The molecular formula is C19H41N5. The molecule has 0 aromatic carbocycles. The molecule has 0 bridgehead atoms. The Morgan fingerprint density at radius 2 is 1.71 bits per heavy atom. The van der Waals surface area contributed by atoms with Crippen LogP contribution in [0.2, 0.25) is 0 Å². The van der Waals surface area contributed by atoms with Gasteiger partial charge in [0, 0.05) is 63.9 Å². The molecule has 2 saturated heterocycles. The quantitative estimate of drug-likeness (QED) is 0.582. The van der Waals surface area contributed by atoms with Crippen LogP contribution in [0.4, 0.5) is 0 Å². The van der Waals surface area contributed by atoms with Gasteiger partial charge in [0.25, 0.3) is 0 Å². The van der Waals surface area contributed by atoms with Gasteiger partial charge in [0.15, 0.2) is 0 Å². The van der Waals surface area contributed by atoms with Crippen molar-refractivity contribution in [3.8, 4) is 0 Å². The summed E-state index contributed by atoms with van der Waals surface area (Å²) in [6.07, 6.45) is 3.98. The normalized spacial score (nSPS) is 24.5. The van der Waals surface area contributed by atoms with E-state index in [1.54, 1.807) is 0 Å². The molecule has 0 radical (unpaired) electrons. The topological polar surface area (TPSA) is 33.8 Å². The molecule has 5 heteroatoms. The predicted molar refractivity (Wildman–Crippen MR) is 104 cm³/mol. The van der Waals surface area contributed by atoms with Gasteiger partial charge in [-0.1, -0.05) is 0 Å². The van der Waals surface area contributed by atoms with Gasteiger partial charge >= 0.3 is 0 Å². The molecule has 0 aromatic rings. The number of nitrogens with one attached hydrogen (secondary N) is 2. The van der Waals surface area contributed by atoms with E-state index in [0.717, 1.165) is 19.6 Å². The average molecular weight is 340 g/mol. The maximum atomic E-state index is 3.67. The van der Waals surface area contributed by atoms with Crippen molar-refractivity contribution >= 4 is 0 Å². The van der Waals surface area contributed by atoms with Gasteiger partial charge < -0.3 is 10.6 Å². The lowest BCUT2D eigenvalue weighted by atomic mass is 10.0. The van der Waals surface area contributed by atoms with Gasteiger partial charge in [-0.3, -0.25) is 14.7 Å². The van der Waals surface area contributed by atoms with E-state index in [1.807, 2.05) is 7.05 Å². The Labute approximate surface area is 150 Å². The molecule has 1 atom stereocenters. The first-order chi connectivity index (χ1) is 11.5. The monoisotopic (exact) mass is 339 g/mol. The summed E-state index contributed by atoms with van der Waals surface area (Å²) in [5, 5.41) is 6.92. The van der Waals surface area contributed by atoms with Gasteiger partial charge in [-0.05, 0) is 60.2 Å². The first-order valence-electron chi connectivity index (χ1n) is 10.1. The number of likely N-dealkylation sites (tertiary alicyclic amines) is 1. The lowest BCUT2D eigenvalue weighted by molar-refractivity contribution is 0.0993. The summed E-state index contributed by atoms with van der Waals surface area (Å²) in [7, 11) is 2.04. The van der Waals surface area contributed by atoms with Gasteiger partial charge in [-0.15, -0.1) is 0 Å². The molecule has 24 heavy (non-hydrogen) atoms. The predicted octanol–water partition coefficient (Wildman–Crippen LogP) is 1.07. The maximum absolute atomic E-state index is 3.67. The molecule has 142 valence electrons. The van der Waals surface area contributed by atoms with Crippen LogP contribution in [0.3, 0.4) is 0 Å². The van der Waals surface area contributed by atoms with Gasteiger partial charge in [0.2, 0.25) is 0 Å². The smallest absolute Gasteiger partial charge is 0.0154 e. The third kappa shape index (κ3) is 6.26. The zero-order chi connectivity index (χ0) is 17.4. The van der Waals surface area contributed by atoms with Crippen molar-refractivity contribution < 1.29 is 0 Å². The highest BCUT2D eigenvalue weighted by Gasteiger charge is 2.30. The molecule has 2 aliphatic heterocycles. The summed E-state index contributed by atoms with van der Waals surface area (Å²) in [6.45, 7) is 19.1. The summed E-state index contributed by atoms with van der Waals surface area (Å²) < 4.78 is 0. The fourth-order valence-electron chi connectivity index (χ4n) is 4.11. The molecule has 0 amide bonds. The molecule has 1 unspecified atom stereocenters. The summed E-state index contributed by atoms with van der Waals surface area (Å²) in [5.74, 6) is 0. The number of hydrogen-bond acceptors (Lipinski definition) is 5. The van der Waals surface area contributed by atoms with Crippen LogP contribution in [0.15, 0.2) is 0 Å². The lowest BCUT2D eigenvalue weighted by Crippen LogP contribution is -2.51. The van der Waals surface area contributed by atoms with E-state index in [9.17, 15) is 0 Å². The molecule has 0 aromatic heterocycles. The first-order valence-corrected chi connectivity index (χ1v) is 10.1. The molecule has 2 rings (SSSR count). The minimum atomic E-state index is 0.419.